The zero-order valence-corrected chi connectivity index (χ0v) is 19.8. The number of nitrogens with zero attached hydrogens (tertiary/aromatic N) is 1. The molecule has 9 nitrogen and oxygen atoms in total. The van der Waals surface area contributed by atoms with Crippen LogP contribution in [-0.4, -0.2) is 69.1 Å². The Bertz CT molecular complexity index is 889. The summed E-state index contributed by atoms with van der Waals surface area (Å²) in [5.74, 6) is -1.07. The Morgan fingerprint density at radius 1 is 0.882 bits per heavy atom. The fourth-order valence-corrected chi connectivity index (χ4v) is 3.20. The van der Waals surface area contributed by atoms with E-state index >= 15 is 0 Å². The molecule has 2 rings (SSSR count). The molecule has 0 radical (unpaired) electrons. The number of methoxy groups -OCH3 is 2. The van der Waals surface area contributed by atoms with Gasteiger partial charge in [0.25, 0.3) is 0 Å². The maximum absolute atomic E-state index is 13.5. The summed E-state index contributed by atoms with van der Waals surface area (Å²) in [7, 11) is 2.86. The maximum atomic E-state index is 13.5. The van der Waals surface area contributed by atoms with Gasteiger partial charge in [-0.25, -0.2) is 4.79 Å². The van der Waals surface area contributed by atoms with Gasteiger partial charge in [-0.05, 0) is 18.1 Å². The van der Waals surface area contributed by atoms with Crippen LogP contribution >= 0.6 is 0 Å². The lowest BCUT2D eigenvalue weighted by atomic mass is 10.0. The van der Waals surface area contributed by atoms with E-state index in [0.29, 0.717) is 0 Å². The van der Waals surface area contributed by atoms with E-state index in [1.807, 2.05) is 60.7 Å². The lowest BCUT2D eigenvalue weighted by molar-refractivity contribution is -0.157. The molecule has 0 unspecified atom stereocenters. The van der Waals surface area contributed by atoms with Gasteiger partial charge in [0.2, 0.25) is 5.91 Å². The van der Waals surface area contributed by atoms with Crippen molar-refractivity contribution in [1.29, 1.82) is 0 Å². The van der Waals surface area contributed by atoms with Crippen LogP contribution in [0, 0.1) is 0 Å². The number of amides is 2. The van der Waals surface area contributed by atoms with Crippen molar-refractivity contribution < 1.29 is 33.3 Å². The number of esters is 1. The minimum atomic E-state index is -0.991. The van der Waals surface area contributed by atoms with Crippen LogP contribution in [0.1, 0.15) is 18.1 Å². The number of benzene rings is 2. The molecule has 34 heavy (non-hydrogen) atoms. The molecule has 1 N–H and O–H groups in total. The van der Waals surface area contributed by atoms with Gasteiger partial charge in [-0.2, -0.15) is 0 Å². The van der Waals surface area contributed by atoms with Gasteiger partial charge in [0, 0.05) is 20.6 Å². The lowest BCUT2D eigenvalue weighted by Gasteiger charge is -2.29. The highest BCUT2D eigenvalue weighted by Gasteiger charge is 2.30. The normalized spacial score (nSPS) is 11.5. The highest BCUT2D eigenvalue weighted by Crippen LogP contribution is 2.10. The van der Waals surface area contributed by atoms with Gasteiger partial charge in [-0.15, -0.1) is 0 Å². The highest BCUT2D eigenvalue weighted by molar-refractivity contribution is 5.88. The molecule has 0 aliphatic heterocycles. The van der Waals surface area contributed by atoms with Crippen LogP contribution in [0.5, 0.6) is 0 Å². The van der Waals surface area contributed by atoms with Crippen molar-refractivity contribution in [3.05, 3.63) is 71.8 Å². The second kappa shape index (κ2) is 14.7. The van der Waals surface area contributed by atoms with Crippen LogP contribution in [0.25, 0.3) is 0 Å². The standard InChI is InChI=1S/C25H32N2O7/c1-4-33-22(28)16-27(17-23(31-2)32-3)24(29)21(15-19-11-7-5-8-12-19)26-25(30)34-18-20-13-9-6-10-14-20/h5-14,21,23H,4,15-18H2,1-3H3,(H,26,30)/t21-/m0/s1. The molecule has 0 aliphatic carbocycles. The monoisotopic (exact) mass is 472 g/mol. The molecule has 0 saturated heterocycles. The summed E-state index contributed by atoms with van der Waals surface area (Å²) < 4.78 is 20.7. The molecule has 9 heteroatoms. The largest absolute Gasteiger partial charge is 0.465 e. The van der Waals surface area contributed by atoms with Crippen LogP contribution in [0.15, 0.2) is 60.7 Å². The van der Waals surface area contributed by atoms with E-state index in [2.05, 4.69) is 5.32 Å². The second-order valence-corrected chi connectivity index (χ2v) is 7.37. The van der Waals surface area contributed by atoms with Crippen molar-refractivity contribution in [2.75, 3.05) is 33.9 Å². The molecule has 0 spiro atoms. The second-order valence-electron chi connectivity index (χ2n) is 7.37. The predicted octanol–water partition coefficient (Wildman–Crippen LogP) is 2.53. The third-order valence-electron chi connectivity index (χ3n) is 4.92. The van der Waals surface area contributed by atoms with Gasteiger partial charge in [-0.3, -0.25) is 9.59 Å². The molecule has 2 aromatic rings. The van der Waals surface area contributed by atoms with Crippen LogP contribution < -0.4 is 5.32 Å². The van der Waals surface area contributed by atoms with Crippen molar-refractivity contribution in [2.24, 2.45) is 0 Å². The molecule has 0 saturated carbocycles. The predicted molar refractivity (Wildman–Crippen MR) is 125 cm³/mol. The van der Waals surface area contributed by atoms with E-state index < -0.39 is 30.3 Å². The van der Waals surface area contributed by atoms with E-state index in [-0.39, 0.29) is 32.7 Å². The molecule has 0 aliphatic rings. The fourth-order valence-electron chi connectivity index (χ4n) is 3.20. The summed E-state index contributed by atoms with van der Waals surface area (Å²) in [4.78, 5) is 39.5. The van der Waals surface area contributed by atoms with E-state index in [4.69, 9.17) is 18.9 Å². The van der Waals surface area contributed by atoms with Crippen molar-refractivity contribution in [1.82, 2.24) is 10.2 Å². The molecule has 2 aromatic carbocycles. The Labute approximate surface area is 199 Å². The van der Waals surface area contributed by atoms with Gasteiger partial charge in [-0.1, -0.05) is 60.7 Å². The summed E-state index contributed by atoms with van der Waals surface area (Å²) in [6.07, 6.45) is -1.31. The van der Waals surface area contributed by atoms with Crippen LogP contribution in [0.2, 0.25) is 0 Å². The quantitative estimate of drug-likeness (QED) is 0.353. The molecule has 0 aromatic heterocycles. The van der Waals surface area contributed by atoms with Crippen molar-refractivity contribution in [3.8, 4) is 0 Å². The van der Waals surface area contributed by atoms with E-state index in [0.717, 1.165) is 11.1 Å². The smallest absolute Gasteiger partial charge is 0.408 e. The molecule has 2 amide bonds. The average molecular weight is 473 g/mol. The summed E-state index contributed by atoms with van der Waals surface area (Å²) in [6.45, 7) is 1.57. The number of nitrogens with one attached hydrogen (secondary N) is 1. The number of ether oxygens (including phenoxy) is 4. The molecule has 0 fully saturated rings. The fraction of sp³-hybridized carbons (Fsp3) is 0.400. The number of alkyl carbamates (subject to hydrolysis) is 1. The molecule has 1 atom stereocenters. The van der Waals surface area contributed by atoms with E-state index in [1.165, 1.54) is 19.1 Å². The van der Waals surface area contributed by atoms with Crippen molar-refractivity contribution >= 4 is 18.0 Å². The number of hydrogen-bond acceptors (Lipinski definition) is 7. The third-order valence-corrected chi connectivity index (χ3v) is 4.92. The van der Waals surface area contributed by atoms with Crippen molar-refractivity contribution in [2.45, 2.75) is 32.3 Å². The highest BCUT2D eigenvalue weighted by atomic mass is 16.7. The van der Waals surface area contributed by atoms with Gasteiger partial charge in [0.1, 0.15) is 19.2 Å². The van der Waals surface area contributed by atoms with Gasteiger partial charge < -0.3 is 29.2 Å². The molecule has 0 bridgehead atoms. The Balaban J connectivity index is 2.19. The summed E-state index contributed by atoms with van der Waals surface area (Å²) >= 11 is 0. The van der Waals surface area contributed by atoms with Gasteiger partial charge >= 0.3 is 12.1 Å². The zero-order chi connectivity index (χ0) is 24.8. The first kappa shape index (κ1) is 26.8. The number of carbonyl (C=O) groups excluding carboxylic acids is 3. The van der Waals surface area contributed by atoms with Crippen LogP contribution in [0.4, 0.5) is 4.79 Å². The molecular weight excluding hydrogens is 440 g/mol. The topological polar surface area (TPSA) is 103 Å². The van der Waals surface area contributed by atoms with E-state index in [1.54, 1.807) is 6.92 Å². The van der Waals surface area contributed by atoms with Crippen LogP contribution in [0.3, 0.4) is 0 Å². The lowest BCUT2D eigenvalue weighted by Crippen LogP contribution is -2.53. The number of carbonyl (C=O) groups is 3. The summed E-state index contributed by atoms with van der Waals surface area (Å²) in [5.41, 5.74) is 1.64. The zero-order valence-electron chi connectivity index (χ0n) is 19.8. The van der Waals surface area contributed by atoms with Crippen molar-refractivity contribution in [3.63, 3.8) is 0 Å². The number of rotatable bonds is 13. The minimum absolute atomic E-state index is 0.0311. The van der Waals surface area contributed by atoms with E-state index in [9.17, 15) is 14.4 Å². The number of hydrogen-bond donors (Lipinski definition) is 1. The third kappa shape index (κ3) is 9.21. The maximum Gasteiger partial charge on any atom is 0.408 e. The summed E-state index contributed by atoms with van der Waals surface area (Å²) in [6, 6.07) is 17.4. The Kier molecular flexibility index (Phi) is 11.6. The Morgan fingerprint density at radius 3 is 2.03 bits per heavy atom. The molecule has 184 valence electrons. The SMILES string of the molecule is CCOC(=O)CN(CC(OC)OC)C(=O)[C@H](Cc1ccccc1)NC(=O)OCc1ccccc1. The summed E-state index contributed by atoms with van der Waals surface area (Å²) in [5, 5.41) is 2.64. The van der Waals surface area contributed by atoms with Gasteiger partial charge in [0.15, 0.2) is 6.29 Å². The first-order valence-corrected chi connectivity index (χ1v) is 11.0. The first-order valence-electron chi connectivity index (χ1n) is 11.0. The average Bonchev–Trinajstić information content (AvgIpc) is 2.86. The Morgan fingerprint density at radius 2 is 1.47 bits per heavy atom. The molecule has 0 heterocycles. The molecular formula is C25H32N2O7. The van der Waals surface area contributed by atoms with Crippen LogP contribution in [-0.2, 0) is 41.6 Å². The minimum Gasteiger partial charge on any atom is -0.465 e. The van der Waals surface area contributed by atoms with Gasteiger partial charge in [0.05, 0.1) is 13.2 Å². The first-order chi connectivity index (χ1) is 16.5. The Hall–Kier alpha value is -3.43.